The Bertz CT molecular complexity index is 638. The number of nitrogens with zero attached hydrogens (tertiary/aromatic N) is 2. The molecule has 0 aliphatic heterocycles. The lowest BCUT2D eigenvalue weighted by molar-refractivity contribution is 0.0946. The van der Waals surface area contributed by atoms with Crippen LogP contribution in [0.4, 0.5) is 0 Å². The van der Waals surface area contributed by atoms with E-state index in [1.54, 1.807) is 6.20 Å². The minimum Gasteiger partial charge on any atom is -0.351 e. The zero-order chi connectivity index (χ0) is 12.4. The van der Waals surface area contributed by atoms with E-state index in [-0.39, 0.29) is 5.91 Å². The third kappa shape index (κ3) is 1.95. The SMILES string of the molecule is O=C(NCc1cn[nH]n1)c1cc2ccccc2[nH]1. The smallest absolute Gasteiger partial charge is 0.268 e. The molecule has 1 aromatic carbocycles. The quantitative estimate of drug-likeness (QED) is 0.644. The van der Waals surface area contributed by atoms with Crippen molar-refractivity contribution in [3.8, 4) is 0 Å². The van der Waals surface area contributed by atoms with Gasteiger partial charge in [-0.15, -0.1) is 0 Å². The first-order valence-electron chi connectivity index (χ1n) is 5.53. The first-order chi connectivity index (χ1) is 8.83. The standard InChI is InChI=1S/C12H11N5O/c18-12(13-6-9-7-14-17-16-9)11-5-8-3-1-2-4-10(8)15-11/h1-5,7,15H,6H2,(H,13,18)(H,14,16,17). The second kappa shape index (κ2) is 4.33. The number of H-pyrrole nitrogens is 2. The maximum absolute atomic E-state index is 11.9. The van der Waals surface area contributed by atoms with Gasteiger partial charge in [-0.1, -0.05) is 18.2 Å². The van der Waals surface area contributed by atoms with Crippen LogP contribution in [-0.2, 0) is 6.54 Å². The highest BCUT2D eigenvalue weighted by atomic mass is 16.1. The third-order valence-electron chi connectivity index (χ3n) is 2.67. The molecular formula is C12H11N5O. The molecule has 0 aliphatic carbocycles. The predicted molar refractivity (Wildman–Crippen MR) is 65.9 cm³/mol. The van der Waals surface area contributed by atoms with E-state index in [0.29, 0.717) is 17.9 Å². The van der Waals surface area contributed by atoms with E-state index in [2.05, 4.69) is 25.7 Å². The molecule has 18 heavy (non-hydrogen) atoms. The van der Waals surface area contributed by atoms with Gasteiger partial charge in [-0.3, -0.25) is 4.79 Å². The molecule has 0 radical (unpaired) electrons. The van der Waals surface area contributed by atoms with Gasteiger partial charge < -0.3 is 10.3 Å². The predicted octanol–water partition coefficient (Wildman–Crippen LogP) is 1.22. The molecule has 0 spiro atoms. The van der Waals surface area contributed by atoms with Crippen molar-refractivity contribution >= 4 is 16.8 Å². The van der Waals surface area contributed by atoms with Crippen molar-refractivity contribution in [2.24, 2.45) is 0 Å². The van der Waals surface area contributed by atoms with Gasteiger partial charge in [0, 0.05) is 10.9 Å². The van der Waals surface area contributed by atoms with Gasteiger partial charge in [-0.25, -0.2) is 0 Å². The number of hydrogen-bond donors (Lipinski definition) is 3. The van der Waals surface area contributed by atoms with E-state index in [0.717, 1.165) is 10.9 Å². The van der Waals surface area contributed by atoms with Crippen LogP contribution in [0.3, 0.4) is 0 Å². The minimum atomic E-state index is -0.158. The van der Waals surface area contributed by atoms with Crippen LogP contribution in [-0.4, -0.2) is 26.3 Å². The maximum Gasteiger partial charge on any atom is 0.268 e. The van der Waals surface area contributed by atoms with E-state index < -0.39 is 0 Å². The molecule has 3 rings (SSSR count). The molecule has 3 N–H and O–H groups in total. The Balaban J connectivity index is 1.75. The van der Waals surface area contributed by atoms with Crippen molar-refractivity contribution in [1.82, 2.24) is 25.7 Å². The largest absolute Gasteiger partial charge is 0.351 e. The van der Waals surface area contributed by atoms with Gasteiger partial charge in [0.1, 0.15) is 11.4 Å². The highest BCUT2D eigenvalue weighted by Gasteiger charge is 2.09. The van der Waals surface area contributed by atoms with Crippen molar-refractivity contribution in [2.75, 3.05) is 0 Å². The van der Waals surface area contributed by atoms with Gasteiger partial charge in [0.2, 0.25) is 0 Å². The molecule has 90 valence electrons. The van der Waals surface area contributed by atoms with Crippen molar-refractivity contribution in [3.05, 3.63) is 47.9 Å². The number of aromatic nitrogens is 4. The first-order valence-corrected chi connectivity index (χ1v) is 5.53. The summed E-state index contributed by atoms with van der Waals surface area (Å²) in [4.78, 5) is 15.0. The molecule has 6 heteroatoms. The number of rotatable bonds is 3. The average Bonchev–Trinajstić information content (AvgIpc) is 3.04. The second-order valence-corrected chi connectivity index (χ2v) is 3.91. The molecule has 0 saturated heterocycles. The first kappa shape index (κ1) is 10.5. The summed E-state index contributed by atoms with van der Waals surface area (Å²) in [5.41, 5.74) is 2.18. The van der Waals surface area contributed by atoms with Crippen LogP contribution in [0.25, 0.3) is 10.9 Å². The molecule has 0 aliphatic rings. The Morgan fingerprint density at radius 2 is 2.22 bits per heavy atom. The van der Waals surface area contributed by atoms with E-state index in [9.17, 15) is 4.79 Å². The number of carbonyl (C=O) groups excluding carboxylic acids is 1. The lowest BCUT2D eigenvalue weighted by Crippen LogP contribution is -2.23. The van der Waals surface area contributed by atoms with Crippen molar-refractivity contribution in [1.29, 1.82) is 0 Å². The summed E-state index contributed by atoms with van der Waals surface area (Å²) in [7, 11) is 0. The highest BCUT2D eigenvalue weighted by Crippen LogP contribution is 2.14. The number of nitrogens with one attached hydrogen (secondary N) is 3. The monoisotopic (exact) mass is 241 g/mol. The summed E-state index contributed by atoms with van der Waals surface area (Å²) in [6.07, 6.45) is 1.57. The zero-order valence-electron chi connectivity index (χ0n) is 9.47. The summed E-state index contributed by atoms with van der Waals surface area (Å²) < 4.78 is 0. The molecule has 0 atom stereocenters. The summed E-state index contributed by atoms with van der Waals surface area (Å²) >= 11 is 0. The topological polar surface area (TPSA) is 86.5 Å². The number of hydrogen-bond acceptors (Lipinski definition) is 3. The fourth-order valence-corrected chi connectivity index (χ4v) is 1.77. The Kier molecular flexibility index (Phi) is 2.53. The summed E-state index contributed by atoms with van der Waals surface area (Å²) in [5.74, 6) is -0.158. The molecule has 1 amide bonds. The van der Waals surface area contributed by atoms with Crippen molar-refractivity contribution in [2.45, 2.75) is 6.54 Å². The van der Waals surface area contributed by atoms with Gasteiger partial charge >= 0.3 is 0 Å². The number of benzene rings is 1. The Morgan fingerprint density at radius 3 is 3.00 bits per heavy atom. The van der Waals surface area contributed by atoms with Crippen LogP contribution in [0, 0.1) is 0 Å². The number of aromatic amines is 2. The summed E-state index contributed by atoms with van der Waals surface area (Å²) in [6, 6.07) is 9.58. The zero-order valence-corrected chi connectivity index (χ0v) is 9.47. The van der Waals surface area contributed by atoms with E-state index in [1.807, 2.05) is 30.3 Å². The lowest BCUT2D eigenvalue weighted by Gasteiger charge is -1.99. The van der Waals surface area contributed by atoms with Gasteiger partial charge in [-0.2, -0.15) is 15.4 Å². The fourth-order valence-electron chi connectivity index (χ4n) is 1.77. The van der Waals surface area contributed by atoms with Gasteiger partial charge in [0.15, 0.2) is 0 Å². The molecular weight excluding hydrogens is 230 g/mol. The van der Waals surface area contributed by atoms with Crippen molar-refractivity contribution < 1.29 is 4.79 Å². The number of amides is 1. The van der Waals surface area contributed by atoms with Gasteiger partial charge in [-0.05, 0) is 12.1 Å². The minimum absolute atomic E-state index is 0.158. The number of para-hydroxylation sites is 1. The molecule has 6 nitrogen and oxygen atoms in total. The summed E-state index contributed by atoms with van der Waals surface area (Å²) in [5, 5.41) is 13.8. The fraction of sp³-hybridized carbons (Fsp3) is 0.0833. The lowest BCUT2D eigenvalue weighted by atomic mass is 10.2. The Hall–Kier alpha value is -2.63. The molecule has 0 bridgehead atoms. The van der Waals surface area contributed by atoms with Crippen LogP contribution in [0.2, 0.25) is 0 Å². The average molecular weight is 241 g/mol. The van der Waals surface area contributed by atoms with Crippen LogP contribution in [0.1, 0.15) is 16.2 Å². The van der Waals surface area contributed by atoms with E-state index in [1.165, 1.54) is 0 Å². The molecule has 0 unspecified atom stereocenters. The van der Waals surface area contributed by atoms with E-state index >= 15 is 0 Å². The molecule has 0 saturated carbocycles. The van der Waals surface area contributed by atoms with Gasteiger partial charge in [0.25, 0.3) is 5.91 Å². The van der Waals surface area contributed by atoms with Gasteiger partial charge in [0.05, 0.1) is 12.7 Å². The molecule has 2 heterocycles. The Morgan fingerprint density at radius 1 is 1.33 bits per heavy atom. The van der Waals surface area contributed by atoms with Crippen LogP contribution in [0.15, 0.2) is 36.5 Å². The van der Waals surface area contributed by atoms with E-state index in [4.69, 9.17) is 0 Å². The van der Waals surface area contributed by atoms with Crippen LogP contribution < -0.4 is 5.32 Å². The normalized spacial score (nSPS) is 10.7. The van der Waals surface area contributed by atoms with Crippen LogP contribution in [0.5, 0.6) is 0 Å². The number of fused-ring (bicyclic) bond motifs is 1. The molecule has 3 aromatic rings. The van der Waals surface area contributed by atoms with Crippen molar-refractivity contribution in [3.63, 3.8) is 0 Å². The Labute approximate surface area is 102 Å². The third-order valence-corrected chi connectivity index (χ3v) is 2.67. The van der Waals surface area contributed by atoms with Crippen LogP contribution >= 0.6 is 0 Å². The molecule has 2 aromatic heterocycles. The second-order valence-electron chi connectivity index (χ2n) is 3.91. The maximum atomic E-state index is 11.9. The molecule has 0 fully saturated rings. The number of carbonyl (C=O) groups is 1. The highest BCUT2D eigenvalue weighted by molar-refractivity contribution is 5.97. The summed E-state index contributed by atoms with van der Waals surface area (Å²) in [6.45, 7) is 0.352.